The second kappa shape index (κ2) is 16.5. The Kier molecular flexibility index (Phi) is 13.2. The fourth-order valence-electron chi connectivity index (χ4n) is 2.85. The van der Waals surface area contributed by atoms with E-state index >= 15 is 0 Å². The first-order chi connectivity index (χ1) is 17.0. The van der Waals surface area contributed by atoms with Crippen LogP contribution in [0, 0.1) is 6.92 Å². The zero-order valence-electron chi connectivity index (χ0n) is 20.8. The Hall–Kier alpha value is -3.14. The molecule has 0 atom stereocenters. The molecule has 0 saturated heterocycles. The first kappa shape index (κ1) is 28.1. The number of nitrogens with zero attached hydrogens (tertiary/aromatic N) is 1. The highest BCUT2D eigenvalue weighted by atomic mass is 16.5. The second-order valence-electron chi connectivity index (χ2n) is 7.79. The van der Waals surface area contributed by atoms with Crippen LogP contribution >= 0.6 is 0 Å². The van der Waals surface area contributed by atoms with Crippen LogP contribution in [-0.4, -0.2) is 83.7 Å². The molecule has 35 heavy (non-hydrogen) atoms. The summed E-state index contributed by atoms with van der Waals surface area (Å²) in [5, 5.41) is 2.48. The minimum absolute atomic E-state index is 0.00575. The first-order valence-electron chi connectivity index (χ1n) is 11.6. The quantitative estimate of drug-likeness (QED) is 0.341. The van der Waals surface area contributed by atoms with Gasteiger partial charge in [-0.25, -0.2) is 0 Å². The largest absolute Gasteiger partial charge is 0.491 e. The van der Waals surface area contributed by atoms with E-state index in [0.717, 1.165) is 17.1 Å². The molecule has 0 unspecified atom stereocenters. The van der Waals surface area contributed by atoms with Crippen LogP contribution in [0.4, 0.5) is 0 Å². The topological polar surface area (TPSA) is 95.6 Å². The van der Waals surface area contributed by atoms with Crippen molar-refractivity contribution in [1.82, 2.24) is 10.2 Å². The third kappa shape index (κ3) is 12.2. The van der Waals surface area contributed by atoms with Crippen molar-refractivity contribution in [2.24, 2.45) is 0 Å². The summed E-state index contributed by atoms with van der Waals surface area (Å²) < 4.78 is 27.2. The first-order valence-corrected chi connectivity index (χ1v) is 11.6. The molecule has 192 valence electrons. The SMILES string of the molecule is CNC(=O)COCCOCCOc1ccc(CN(C)C(=O)COCCOc2ccc(C)cc2)cc1. The maximum atomic E-state index is 12.3. The molecule has 0 aliphatic heterocycles. The van der Waals surface area contributed by atoms with E-state index in [4.69, 9.17) is 23.7 Å². The van der Waals surface area contributed by atoms with Gasteiger partial charge in [-0.1, -0.05) is 29.8 Å². The zero-order chi connectivity index (χ0) is 25.3. The maximum Gasteiger partial charge on any atom is 0.248 e. The molecule has 0 aliphatic rings. The molecule has 0 bridgehead atoms. The Bertz CT molecular complexity index is 872. The van der Waals surface area contributed by atoms with Crippen LogP contribution in [0.1, 0.15) is 11.1 Å². The van der Waals surface area contributed by atoms with Gasteiger partial charge in [0.25, 0.3) is 0 Å². The van der Waals surface area contributed by atoms with Gasteiger partial charge in [-0.05, 0) is 36.8 Å². The predicted molar refractivity (Wildman–Crippen MR) is 132 cm³/mol. The summed E-state index contributed by atoms with van der Waals surface area (Å²) >= 11 is 0. The Morgan fingerprint density at radius 1 is 0.743 bits per heavy atom. The Morgan fingerprint density at radius 2 is 1.26 bits per heavy atom. The summed E-state index contributed by atoms with van der Waals surface area (Å²) in [5.74, 6) is 1.24. The molecule has 0 aliphatic carbocycles. The van der Waals surface area contributed by atoms with E-state index in [1.54, 1.807) is 19.0 Å². The van der Waals surface area contributed by atoms with Crippen molar-refractivity contribution >= 4 is 11.8 Å². The number of amides is 2. The van der Waals surface area contributed by atoms with Gasteiger partial charge in [0.1, 0.15) is 37.9 Å². The fourth-order valence-corrected chi connectivity index (χ4v) is 2.85. The fraction of sp³-hybridized carbons (Fsp3) is 0.462. The number of carbonyl (C=O) groups excluding carboxylic acids is 2. The average molecular weight is 489 g/mol. The summed E-state index contributed by atoms with van der Waals surface area (Å²) in [6.45, 7) is 4.81. The molecule has 0 radical (unpaired) electrons. The van der Waals surface area contributed by atoms with Crippen molar-refractivity contribution in [3.63, 3.8) is 0 Å². The second-order valence-corrected chi connectivity index (χ2v) is 7.79. The van der Waals surface area contributed by atoms with Gasteiger partial charge >= 0.3 is 0 Å². The highest BCUT2D eigenvalue weighted by Gasteiger charge is 2.10. The number of nitrogens with one attached hydrogen (secondary N) is 1. The number of aryl methyl sites for hydroxylation is 1. The van der Waals surface area contributed by atoms with Crippen LogP contribution in [0.25, 0.3) is 0 Å². The molecule has 2 amide bonds. The van der Waals surface area contributed by atoms with Crippen molar-refractivity contribution in [3.8, 4) is 11.5 Å². The van der Waals surface area contributed by atoms with Gasteiger partial charge in [-0.3, -0.25) is 9.59 Å². The summed E-state index contributed by atoms with van der Waals surface area (Å²) in [6.07, 6.45) is 0. The predicted octanol–water partition coefficient (Wildman–Crippen LogP) is 2.21. The molecule has 0 spiro atoms. The van der Waals surface area contributed by atoms with Crippen LogP contribution in [0.2, 0.25) is 0 Å². The minimum atomic E-state index is -0.166. The summed E-state index contributed by atoms with van der Waals surface area (Å²) in [5.41, 5.74) is 2.16. The molecular formula is C26H36N2O7. The standard InChI is InChI=1S/C26H36N2O7/c1-21-4-8-23(9-5-21)35-17-15-33-20-26(30)28(3)18-22-6-10-24(11-7-22)34-16-14-31-12-13-32-19-25(29)27-2/h4-11H,12-20H2,1-3H3,(H,27,29). The summed E-state index contributed by atoms with van der Waals surface area (Å²) in [4.78, 5) is 24.9. The van der Waals surface area contributed by atoms with Crippen molar-refractivity contribution in [3.05, 3.63) is 59.7 Å². The highest BCUT2D eigenvalue weighted by molar-refractivity contribution is 5.77. The zero-order valence-corrected chi connectivity index (χ0v) is 20.8. The van der Waals surface area contributed by atoms with Crippen molar-refractivity contribution in [2.75, 3.05) is 67.0 Å². The Morgan fingerprint density at radius 3 is 1.89 bits per heavy atom. The monoisotopic (exact) mass is 488 g/mol. The molecule has 2 aromatic rings. The van der Waals surface area contributed by atoms with E-state index in [9.17, 15) is 9.59 Å². The van der Waals surface area contributed by atoms with Gasteiger partial charge in [0, 0.05) is 20.6 Å². The number of carbonyl (C=O) groups is 2. The number of likely N-dealkylation sites (N-methyl/N-ethyl adjacent to an activating group) is 2. The van der Waals surface area contributed by atoms with Gasteiger partial charge in [-0.2, -0.15) is 0 Å². The smallest absolute Gasteiger partial charge is 0.248 e. The van der Waals surface area contributed by atoms with E-state index in [1.165, 1.54) is 5.56 Å². The average Bonchev–Trinajstić information content (AvgIpc) is 2.87. The number of rotatable bonds is 17. The maximum absolute atomic E-state index is 12.3. The lowest BCUT2D eigenvalue weighted by Gasteiger charge is -2.17. The van der Waals surface area contributed by atoms with E-state index < -0.39 is 0 Å². The molecule has 0 fully saturated rings. The number of hydrogen-bond donors (Lipinski definition) is 1. The van der Waals surface area contributed by atoms with Crippen molar-refractivity contribution in [2.45, 2.75) is 13.5 Å². The molecule has 2 aromatic carbocycles. The summed E-state index contributed by atoms with van der Waals surface area (Å²) in [6, 6.07) is 15.3. The van der Waals surface area contributed by atoms with Crippen LogP contribution in [0.5, 0.6) is 11.5 Å². The number of hydrogen-bond acceptors (Lipinski definition) is 7. The normalized spacial score (nSPS) is 10.6. The van der Waals surface area contributed by atoms with Gasteiger partial charge in [0.2, 0.25) is 11.8 Å². The molecule has 0 saturated carbocycles. The Labute approximate surface area is 207 Å². The molecular weight excluding hydrogens is 452 g/mol. The molecule has 9 heteroatoms. The van der Waals surface area contributed by atoms with E-state index in [2.05, 4.69) is 5.32 Å². The highest BCUT2D eigenvalue weighted by Crippen LogP contribution is 2.14. The van der Waals surface area contributed by atoms with E-state index in [-0.39, 0.29) is 25.0 Å². The number of ether oxygens (including phenoxy) is 5. The minimum Gasteiger partial charge on any atom is -0.491 e. The van der Waals surface area contributed by atoms with Crippen molar-refractivity contribution < 1.29 is 33.3 Å². The number of benzene rings is 2. The lowest BCUT2D eigenvalue weighted by molar-refractivity contribution is -0.135. The molecule has 2 rings (SSSR count). The van der Waals surface area contributed by atoms with Crippen molar-refractivity contribution in [1.29, 1.82) is 0 Å². The van der Waals surface area contributed by atoms with Crippen LogP contribution < -0.4 is 14.8 Å². The van der Waals surface area contributed by atoms with Crippen LogP contribution in [-0.2, 0) is 30.3 Å². The van der Waals surface area contributed by atoms with Gasteiger partial charge in [-0.15, -0.1) is 0 Å². The molecule has 0 heterocycles. The van der Waals surface area contributed by atoms with Gasteiger partial charge in [0.05, 0.1) is 26.4 Å². The summed E-state index contributed by atoms with van der Waals surface area (Å²) in [7, 11) is 3.31. The van der Waals surface area contributed by atoms with E-state index in [0.29, 0.717) is 46.2 Å². The van der Waals surface area contributed by atoms with Gasteiger partial charge in [0.15, 0.2) is 0 Å². The van der Waals surface area contributed by atoms with Gasteiger partial charge < -0.3 is 33.9 Å². The lowest BCUT2D eigenvalue weighted by atomic mass is 10.2. The molecule has 1 N–H and O–H groups in total. The Balaban J connectivity index is 1.53. The molecule has 9 nitrogen and oxygen atoms in total. The van der Waals surface area contributed by atoms with E-state index in [1.807, 2.05) is 55.5 Å². The van der Waals surface area contributed by atoms with Crippen LogP contribution in [0.15, 0.2) is 48.5 Å². The third-order valence-electron chi connectivity index (χ3n) is 4.89. The lowest BCUT2D eigenvalue weighted by Crippen LogP contribution is -2.30. The third-order valence-corrected chi connectivity index (χ3v) is 4.89. The molecule has 0 aromatic heterocycles. The van der Waals surface area contributed by atoms with Crippen LogP contribution in [0.3, 0.4) is 0 Å².